The fourth-order valence-corrected chi connectivity index (χ4v) is 1.50. The number of nitrogens with one attached hydrogen (secondary N) is 1. The predicted molar refractivity (Wildman–Crippen MR) is 57.3 cm³/mol. The molecule has 1 aromatic heterocycles. The highest BCUT2D eigenvalue weighted by Gasteiger charge is 2.00. The zero-order valence-electron chi connectivity index (χ0n) is 8.17. The molecule has 0 bridgehead atoms. The Labute approximate surface area is 91.7 Å². The molecule has 0 unspecified atom stereocenters. The van der Waals surface area contributed by atoms with E-state index in [1.807, 2.05) is 24.3 Å². The average Bonchev–Trinajstić information content (AvgIpc) is 2.65. The molecule has 1 heterocycles. The van der Waals surface area contributed by atoms with Gasteiger partial charge >= 0.3 is 0 Å². The second-order valence-corrected chi connectivity index (χ2v) is 3.39. The standard InChI is InChI=1S/C9H10N4OS/c1-14-6-7-3-2-4-8(5-7)13-9(15)10-11-12-13/h2-5H,6H2,1H3,(H,10,12,15). The van der Waals surface area contributed by atoms with Gasteiger partial charge in [0.25, 0.3) is 0 Å². The molecule has 0 aliphatic carbocycles. The largest absolute Gasteiger partial charge is 0.380 e. The van der Waals surface area contributed by atoms with E-state index in [1.165, 1.54) is 0 Å². The van der Waals surface area contributed by atoms with Gasteiger partial charge in [-0.1, -0.05) is 22.4 Å². The fraction of sp³-hybridized carbons (Fsp3) is 0.222. The van der Waals surface area contributed by atoms with Crippen LogP contribution in [-0.2, 0) is 11.3 Å². The summed E-state index contributed by atoms with van der Waals surface area (Å²) in [6, 6.07) is 7.82. The van der Waals surface area contributed by atoms with Gasteiger partial charge in [-0.05, 0) is 29.9 Å². The molecule has 0 amide bonds. The molecule has 0 radical (unpaired) electrons. The Morgan fingerprint density at radius 3 is 3.07 bits per heavy atom. The van der Waals surface area contributed by atoms with Crippen molar-refractivity contribution in [3.63, 3.8) is 0 Å². The number of nitrogens with zero attached hydrogens (tertiary/aromatic N) is 3. The summed E-state index contributed by atoms with van der Waals surface area (Å²) in [4.78, 5) is 0. The Hall–Kier alpha value is -1.53. The summed E-state index contributed by atoms with van der Waals surface area (Å²) in [5, 5.41) is 10.0. The first-order chi connectivity index (χ1) is 7.31. The number of rotatable bonds is 3. The van der Waals surface area contributed by atoms with E-state index in [4.69, 9.17) is 17.0 Å². The second kappa shape index (κ2) is 4.33. The number of H-pyrrole nitrogens is 1. The van der Waals surface area contributed by atoms with Crippen LogP contribution in [-0.4, -0.2) is 27.3 Å². The maximum atomic E-state index is 5.05. The van der Waals surface area contributed by atoms with E-state index in [2.05, 4.69) is 15.5 Å². The monoisotopic (exact) mass is 222 g/mol. The van der Waals surface area contributed by atoms with Crippen molar-refractivity contribution in [2.75, 3.05) is 7.11 Å². The molecule has 1 aromatic carbocycles. The van der Waals surface area contributed by atoms with Crippen LogP contribution in [0.15, 0.2) is 24.3 Å². The number of aromatic amines is 1. The van der Waals surface area contributed by atoms with E-state index in [-0.39, 0.29) is 0 Å². The molecule has 2 aromatic rings. The van der Waals surface area contributed by atoms with Crippen LogP contribution < -0.4 is 0 Å². The zero-order chi connectivity index (χ0) is 10.7. The van der Waals surface area contributed by atoms with Crippen molar-refractivity contribution in [3.05, 3.63) is 34.6 Å². The van der Waals surface area contributed by atoms with Gasteiger partial charge in [0.15, 0.2) is 0 Å². The Kier molecular flexibility index (Phi) is 2.89. The molecule has 0 aliphatic heterocycles. The molecular formula is C9H10N4OS. The smallest absolute Gasteiger partial charge is 0.242 e. The number of methoxy groups -OCH3 is 1. The lowest BCUT2D eigenvalue weighted by atomic mass is 10.2. The molecule has 78 valence electrons. The van der Waals surface area contributed by atoms with Crippen LogP contribution in [0, 0.1) is 4.77 Å². The van der Waals surface area contributed by atoms with Crippen molar-refractivity contribution in [1.82, 2.24) is 20.2 Å². The Bertz CT molecular complexity index is 505. The minimum atomic E-state index is 0.407. The Morgan fingerprint density at radius 1 is 1.53 bits per heavy atom. The summed E-state index contributed by atoms with van der Waals surface area (Å²) in [5.41, 5.74) is 1.98. The van der Waals surface area contributed by atoms with Crippen LogP contribution in [0.3, 0.4) is 0 Å². The molecule has 0 fully saturated rings. The summed E-state index contributed by atoms with van der Waals surface area (Å²) < 4.78 is 7.09. The Morgan fingerprint density at radius 2 is 2.40 bits per heavy atom. The third-order valence-corrected chi connectivity index (χ3v) is 2.22. The predicted octanol–water partition coefficient (Wildman–Crippen LogP) is 1.47. The van der Waals surface area contributed by atoms with E-state index in [0.717, 1.165) is 11.3 Å². The molecule has 0 atom stereocenters. The average molecular weight is 222 g/mol. The number of tetrazole rings is 1. The van der Waals surface area contributed by atoms with Gasteiger partial charge in [-0.25, -0.2) is 4.68 Å². The van der Waals surface area contributed by atoms with Gasteiger partial charge in [0.1, 0.15) is 0 Å². The second-order valence-electron chi connectivity index (χ2n) is 3.02. The van der Waals surface area contributed by atoms with Gasteiger partial charge in [-0.3, -0.25) is 0 Å². The van der Waals surface area contributed by atoms with Gasteiger partial charge in [0, 0.05) is 7.11 Å². The van der Waals surface area contributed by atoms with E-state index in [0.29, 0.717) is 11.4 Å². The van der Waals surface area contributed by atoms with E-state index < -0.39 is 0 Å². The van der Waals surface area contributed by atoms with Crippen LogP contribution in [0.1, 0.15) is 5.56 Å². The Balaban J connectivity index is 2.41. The normalized spacial score (nSPS) is 10.5. The fourth-order valence-electron chi connectivity index (χ4n) is 1.32. The number of hydrogen-bond acceptors (Lipinski definition) is 4. The number of hydrogen-bond donors (Lipinski definition) is 1. The quantitative estimate of drug-likeness (QED) is 0.799. The topological polar surface area (TPSA) is 55.7 Å². The van der Waals surface area contributed by atoms with Crippen LogP contribution in [0.4, 0.5) is 0 Å². The SMILES string of the molecule is COCc1cccc(-n2[nH]nnc2=S)c1. The minimum Gasteiger partial charge on any atom is -0.380 e. The van der Waals surface area contributed by atoms with Crippen LogP contribution in [0.5, 0.6) is 0 Å². The van der Waals surface area contributed by atoms with Crippen molar-refractivity contribution in [2.24, 2.45) is 0 Å². The number of benzene rings is 1. The number of ether oxygens (including phenoxy) is 1. The maximum Gasteiger partial charge on any atom is 0.242 e. The van der Waals surface area contributed by atoms with E-state index >= 15 is 0 Å². The lowest BCUT2D eigenvalue weighted by Crippen LogP contribution is -1.98. The van der Waals surface area contributed by atoms with E-state index in [9.17, 15) is 0 Å². The minimum absolute atomic E-state index is 0.407. The van der Waals surface area contributed by atoms with Gasteiger partial charge < -0.3 is 4.74 Å². The third kappa shape index (κ3) is 2.11. The first-order valence-corrected chi connectivity index (χ1v) is 4.80. The van der Waals surface area contributed by atoms with Crippen molar-refractivity contribution in [3.8, 4) is 5.69 Å². The van der Waals surface area contributed by atoms with Crippen molar-refractivity contribution in [1.29, 1.82) is 0 Å². The summed E-state index contributed by atoms with van der Waals surface area (Å²) in [6.45, 7) is 0.572. The van der Waals surface area contributed by atoms with Crippen molar-refractivity contribution >= 4 is 12.2 Å². The third-order valence-electron chi connectivity index (χ3n) is 1.95. The highest BCUT2D eigenvalue weighted by atomic mass is 32.1. The summed E-state index contributed by atoms with van der Waals surface area (Å²) in [5.74, 6) is 0. The molecule has 5 nitrogen and oxygen atoms in total. The lowest BCUT2D eigenvalue weighted by Gasteiger charge is -2.03. The molecule has 15 heavy (non-hydrogen) atoms. The lowest BCUT2D eigenvalue weighted by molar-refractivity contribution is 0.185. The summed E-state index contributed by atoms with van der Waals surface area (Å²) in [7, 11) is 1.66. The zero-order valence-corrected chi connectivity index (χ0v) is 8.99. The molecule has 0 saturated carbocycles. The highest BCUT2D eigenvalue weighted by Crippen LogP contribution is 2.09. The molecular weight excluding hydrogens is 212 g/mol. The van der Waals surface area contributed by atoms with Crippen LogP contribution >= 0.6 is 12.2 Å². The van der Waals surface area contributed by atoms with Crippen molar-refractivity contribution in [2.45, 2.75) is 6.61 Å². The van der Waals surface area contributed by atoms with Crippen molar-refractivity contribution < 1.29 is 4.74 Å². The van der Waals surface area contributed by atoms with Gasteiger partial charge in [0.05, 0.1) is 12.3 Å². The summed E-state index contributed by atoms with van der Waals surface area (Å²) >= 11 is 5.00. The summed E-state index contributed by atoms with van der Waals surface area (Å²) in [6.07, 6.45) is 0. The van der Waals surface area contributed by atoms with Crippen LogP contribution in [0.2, 0.25) is 0 Å². The first kappa shape index (κ1) is 10.0. The molecule has 0 aliphatic rings. The van der Waals surface area contributed by atoms with Gasteiger partial charge in [-0.15, -0.1) is 0 Å². The molecule has 1 N–H and O–H groups in total. The molecule has 6 heteroatoms. The highest BCUT2D eigenvalue weighted by molar-refractivity contribution is 7.71. The maximum absolute atomic E-state index is 5.05. The molecule has 0 saturated heterocycles. The van der Waals surface area contributed by atoms with E-state index in [1.54, 1.807) is 11.8 Å². The van der Waals surface area contributed by atoms with Gasteiger partial charge in [-0.2, -0.15) is 5.21 Å². The van der Waals surface area contributed by atoms with Crippen LogP contribution in [0.25, 0.3) is 5.69 Å². The molecule has 0 spiro atoms. The van der Waals surface area contributed by atoms with Gasteiger partial charge in [0.2, 0.25) is 4.77 Å². The first-order valence-electron chi connectivity index (χ1n) is 4.39. The molecule has 2 rings (SSSR count). The number of aromatic nitrogens is 4.